The Labute approximate surface area is 135 Å². The van der Waals surface area contributed by atoms with Crippen molar-refractivity contribution in [3.05, 3.63) is 43.9 Å². The van der Waals surface area contributed by atoms with Crippen LogP contribution in [0.1, 0.15) is 36.6 Å². The monoisotopic (exact) mass is 331 g/mol. The van der Waals surface area contributed by atoms with Crippen LogP contribution in [0.15, 0.2) is 22.2 Å². The Morgan fingerprint density at radius 2 is 1.91 bits per heavy atom. The summed E-state index contributed by atoms with van der Waals surface area (Å²) in [6, 6.07) is 0. The number of hydrogen-bond donors (Lipinski definition) is 0. The molecule has 3 heterocycles. The highest BCUT2D eigenvalue weighted by molar-refractivity contribution is 7.18. The third-order valence-corrected chi connectivity index (χ3v) is 5.62. The molecule has 4 rings (SSSR count). The Bertz CT molecular complexity index is 980. The molecule has 3 aromatic heterocycles. The summed E-state index contributed by atoms with van der Waals surface area (Å²) in [5, 5.41) is 8.14. The van der Waals surface area contributed by atoms with Crippen molar-refractivity contribution in [1.82, 2.24) is 24.1 Å². The minimum absolute atomic E-state index is 0.267. The van der Waals surface area contributed by atoms with Gasteiger partial charge in [-0.25, -0.2) is 9.47 Å². The maximum atomic E-state index is 13.0. The second-order valence-corrected chi connectivity index (χ2v) is 6.87. The van der Waals surface area contributed by atoms with E-state index in [0.29, 0.717) is 11.9 Å². The average Bonchev–Trinajstić information content (AvgIpc) is 3.19. The molecule has 0 aromatic carbocycles. The summed E-state index contributed by atoms with van der Waals surface area (Å²) in [5.74, 6) is 0. The second kappa shape index (κ2) is 5.45. The van der Waals surface area contributed by atoms with E-state index < -0.39 is 0 Å². The molecule has 0 N–H and O–H groups in total. The maximum Gasteiger partial charge on any atom is 0.351 e. The quantitative estimate of drug-likeness (QED) is 0.727. The first-order chi connectivity index (χ1) is 11.2. The molecule has 0 amide bonds. The smallest absolute Gasteiger partial charge is 0.283 e. The van der Waals surface area contributed by atoms with Gasteiger partial charge in [0.2, 0.25) is 0 Å². The molecule has 0 bridgehead atoms. The van der Waals surface area contributed by atoms with Gasteiger partial charge in [0.25, 0.3) is 5.56 Å². The van der Waals surface area contributed by atoms with Crippen LogP contribution >= 0.6 is 11.3 Å². The molecule has 1 aliphatic rings. The molecule has 1 aliphatic carbocycles. The van der Waals surface area contributed by atoms with E-state index in [0.717, 1.165) is 47.2 Å². The molecule has 7 nitrogen and oxygen atoms in total. The molecule has 23 heavy (non-hydrogen) atoms. The molecule has 0 fully saturated rings. The van der Waals surface area contributed by atoms with Gasteiger partial charge in [0, 0.05) is 11.4 Å². The van der Waals surface area contributed by atoms with E-state index in [1.165, 1.54) is 22.2 Å². The van der Waals surface area contributed by atoms with Gasteiger partial charge in [-0.05, 0) is 37.7 Å². The molecule has 120 valence electrons. The number of fused-ring (bicyclic) bond motifs is 3. The SMILES string of the molecule is CCCn1c(=O)n(-n2cnnc2)c(=O)c2c3c(sc21)CCCC3. The molecule has 0 aliphatic heterocycles. The van der Waals surface area contributed by atoms with Gasteiger partial charge in [-0.3, -0.25) is 9.36 Å². The zero-order chi connectivity index (χ0) is 16.0. The molecule has 0 spiro atoms. The van der Waals surface area contributed by atoms with E-state index in [1.54, 1.807) is 15.9 Å². The molecule has 0 saturated carbocycles. The largest absolute Gasteiger partial charge is 0.351 e. The van der Waals surface area contributed by atoms with Gasteiger partial charge >= 0.3 is 5.69 Å². The molecule has 0 unspecified atom stereocenters. The van der Waals surface area contributed by atoms with Crippen molar-refractivity contribution >= 4 is 21.6 Å². The summed E-state index contributed by atoms with van der Waals surface area (Å²) in [5.41, 5.74) is 0.534. The number of aryl methyl sites for hydroxylation is 3. The van der Waals surface area contributed by atoms with Crippen LogP contribution in [0.2, 0.25) is 0 Å². The van der Waals surface area contributed by atoms with Crippen LogP contribution < -0.4 is 11.2 Å². The van der Waals surface area contributed by atoms with Crippen LogP contribution in [0.5, 0.6) is 0 Å². The van der Waals surface area contributed by atoms with Crippen molar-refractivity contribution in [1.29, 1.82) is 0 Å². The van der Waals surface area contributed by atoms with Crippen LogP contribution in [0, 0.1) is 0 Å². The Balaban J connectivity index is 2.15. The van der Waals surface area contributed by atoms with Crippen LogP contribution in [-0.4, -0.2) is 24.1 Å². The Kier molecular flexibility index (Phi) is 3.41. The lowest BCUT2D eigenvalue weighted by Crippen LogP contribution is -2.42. The van der Waals surface area contributed by atoms with E-state index in [9.17, 15) is 9.59 Å². The topological polar surface area (TPSA) is 74.7 Å². The normalized spacial score (nSPS) is 14.3. The van der Waals surface area contributed by atoms with Crippen LogP contribution in [0.25, 0.3) is 10.2 Å². The number of aromatic nitrogens is 5. The van der Waals surface area contributed by atoms with Gasteiger partial charge in [-0.15, -0.1) is 21.5 Å². The van der Waals surface area contributed by atoms with Crippen molar-refractivity contribution in [3.63, 3.8) is 0 Å². The molecule has 3 aromatic rings. The Morgan fingerprint density at radius 3 is 2.65 bits per heavy atom. The average molecular weight is 331 g/mol. The molecular weight excluding hydrogens is 314 g/mol. The number of nitrogens with zero attached hydrogens (tertiary/aromatic N) is 5. The zero-order valence-electron chi connectivity index (χ0n) is 12.9. The van der Waals surface area contributed by atoms with E-state index in [-0.39, 0.29) is 11.2 Å². The fourth-order valence-electron chi connectivity index (χ4n) is 3.28. The number of hydrogen-bond acceptors (Lipinski definition) is 5. The van der Waals surface area contributed by atoms with Crippen LogP contribution in [0.4, 0.5) is 0 Å². The molecule has 0 radical (unpaired) electrons. The minimum atomic E-state index is -0.331. The van der Waals surface area contributed by atoms with E-state index in [2.05, 4.69) is 10.2 Å². The van der Waals surface area contributed by atoms with Gasteiger partial charge in [0.1, 0.15) is 17.5 Å². The maximum absolute atomic E-state index is 13.0. The first-order valence-corrected chi connectivity index (χ1v) is 8.69. The van der Waals surface area contributed by atoms with E-state index in [4.69, 9.17) is 0 Å². The Morgan fingerprint density at radius 1 is 1.17 bits per heavy atom. The predicted molar refractivity (Wildman–Crippen MR) is 88.1 cm³/mol. The lowest BCUT2D eigenvalue weighted by molar-refractivity contribution is 0.537. The second-order valence-electron chi connectivity index (χ2n) is 5.78. The third-order valence-electron chi connectivity index (χ3n) is 4.30. The van der Waals surface area contributed by atoms with Crippen molar-refractivity contribution in [3.8, 4) is 0 Å². The van der Waals surface area contributed by atoms with E-state index >= 15 is 0 Å². The first kappa shape index (κ1) is 14.4. The standard InChI is InChI=1S/C15H17N5O2S/c1-2-7-19-14-12(10-5-3-4-6-11(10)23-14)13(21)20(15(19)22)18-8-16-17-9-18/h8-9H,2-7H2,1H3. The van der Waals surface area contributed by atoms with Gasteiger partial charge in [0.15, 0.2) is 0 Å². The molecule has 0 saturated heterocycles. The van der Waals surface area contributed by atoms with E-state index in [1.807, 2.05) is 6.92 Å². The van der Waals surface area contributed by atoms with Crippen molar-refractivity contribution in [2.75, 3.05) is 0 Å². The lowest BCUT2D eigenvalue weighted by Gasteiger charge is -2.12. The summed E-state index contributed by atoms with van der Waals surface area (Å²) < 4.78 is 4.22. The van der Waals surface area contributed by atoms with Crippen molar-refractivity contribution < 1.29 is 0 Å². The first-order valence-electron chi connectivity index (χ1n) is 7.87. The van der Waals surface area contributed by atoms with Crippen molar-refractivity contribution in [2.45, 2.75) is 45.6 Å². The highest BCUT2D eigenvalue weighted by atomic mass is 32.1. The molecular formula is C15H17N5O2S. The lowest BCUT2D eigenvalue weighted by atomic mass is 9.97. The summed E-state index contributed by atoms with van der Waals surface area (Å²) in [6.45, 7) is 2.62. The highest BCUT2D eigenvalue weighted by Gasteiger charge is 2.23. The summed E-state index contributed by atoms with van der Waals surface area (Å²) in [6.07, 6.45) is 7.75. The van der Waals surface area contributed by atoms with Crippen LogP contribution in [-0.2, 0) is 19.4 Å². The summed E-state index contributed by atoms with van der Waals surface area (Å²) in [7, 11) is 0. The fraction of sp³-hybridized carbons (Fsp3) is 0.467. The fourth-order valence-corrected chi connectivity index (χ4v) is 4.68. The third kappa shape index (κ3) is 2.08. The van der Waals surface area contributed by atoms with Gasteiger partial charge in [-0.2, -0.15) is 4.68 Å². The van der Waals surface area contributed by atoms with Gasteiger partial charge < -0.3 is 0 Å². The summed E-state index contributed by atoms with van der Waals surface area (Å²) in [4.78, 5) is 28.0. The molecule has 0 atom stereocenters. The van der Waals surface area contributed by atoms with Crippen LogP contribution in [0.3, 0.4) is 0 Å². The minimum Gasteiger partial charge on any atom is -0.283 e. The van der Waals surface area contributed by atoms with Gasteiger partial charge in [-0.1, -0.05) is 6.92 Å². The van der Waals surface area contributed by atoms with Crippen molar-refractivity contribution in [2.24, 2.45) is 0 Å². The number of thiophene rings is 1. The zero-order valence-corrected chi connectivity index (χ0v) is 13.7. The predicted octanol–water partition coefficient (Wildman–Crippen LogP) is 1.42. The Hall–Kier alpha value is -2.22. The van der Waals surface area contributed by atoms with Gasteiger partial charge in [0.05, 0.1) is 5.39 Å². The highest BCUT2D eigenvalue weighted by Crippen LogP contribution is 2.34. The molecule has 8 heteroatoms. The number of rotatable bonds is 3. The summed E-state index contributed by atoms with van der Waals surface area (Å²) >= 11 is 1.61.